The Labute approximate surface area is 112 Å². The van der Waals surface area contributed by atoms with Crippen LogP contribution in [0.5, 0.6) is 0 Å². The molecule has 19 heavy (non-hydrogen) atoms. The molecule has 2 aliphatic rings. The molecule has 1 aliphatic carbocycles. The Bertz CT molecular complexity index is 401. The second-order valence-corrected chi connectivity index (χ2v) is 5.52. The first-order valence-corrected chi connectivity index (χ1v) is 6.77. The fourth-order valence-electron chi connectivity index (χ4n) is 3.03. The summed E-state index contributed by atoms with van der Waals surface area (Å²) in [5, 5.41) is 12.1. The SMILES string of the molecule is CC1C(=O)NCCN1C(=O)CC1(C(=O)O)CCCC1. The first-order valence-electron chi connectivity index (χ1n) is 6.77. The molecule has 2 amide bonds. The van der Waals surface area contributed by atoms with Gasteiger partial charge in [-0.25, -0.2) is 0 Å². The van der Waals surface area contributed by atoms with Crippen molar-refractivity contribution in [3.8, 4) is 0 Å². The molecule has 6 nitrogen and oxygen atoms in total. The van der Waals surface area contributed by atoms with Gasteiger partial charge in [0.2, 0.25) is 11.8 Å². The lowest BCUT2D eigenvalue weighted by atomic mass is 9.82. The number of hydrogen-bond acceptors (Lipinski definition) is 3. The van der Waals surface area contributed by atoms with Crippen molar-refractivity contribution < 1.29 is 19.5 Å². The Hall–Kier alpha value is -1.59. The minimum Gasteiger partial charge on any atom is -0.481 e. The summed E-state index contributed by atoms with van der Waals surface area (Å²) in [5.74, 6) is -1.27. The van der Waals surface area contributed by atoms with Crippen molar-refractivity contribution in [3.05, 3.63) is 0 Å². The number of nitrogens with zero attached hydrogens (tertiary/aromatic N) is 1. The van der Waals surface area contributed by atoms with Crippen LogP contribution in [-0.4, -0.2) is 46.9 Å². The van der Waals surface area contributed by atoms with E-state index >= 15 is 0 Å². The van der Waals surface area contributed by atoms with Crippen LogP contribution in [0.2, 0.25) is 0 Å². The van der Waals surface area contributed by atoms with E-state index < -0.39 is 17.4 Å². The van der Waals surface area contributed by atoms with Gasteiger partial charge in [0, 0.05) is 19.5 Å². The third-order valence-electron chi connectivity index (χ3n) is 4.32. The van der Waals surface area contributed by atoms with Crippen LogP contribution in [0.1, 0.15) is 39.0 Å². The lowest BCUT2D eigenvalue weighted by molar-refractivity contribution is -0.155. The van der Waals surface area contributed by atoms with Crippen molar-refractivity contribution >= 4 is 17.8 Å². The van der Waals surface area contributed by atoms with Crippen LogP contribution in [0.15, 0.2) is 0 Å². The third kappa shape index (κ3) is 2.57. The second kappa shape index (κ2) is 5.19. The van der Waals surface area contributed by atoms with Gasteiger partial charge in [0.1, 0.15) is 6.04 Å². The van der Waals surface area contributed by atoms with Crippen LogP contribution in [0.25, 0.3) is 0 Å². The Kier molecular flexibility index (Phi) is 3.78. The zero-order valence-electron chi connectivity index (χ0n) is 11.1. The maximum absolute atomic E-state index is 12.3. The van der Waals surface area contributed by atoms with E-state index in [1.54, 1.807) is 6.92 Å². The Morgan fingerprint density at radius 1 is 1.42 bits per heavy atom. The highest BCUT2D eigenvalue weighted by Crippen LogP contribution is 2.41. The van der Waals surface area contributed by atoms with Gasteiger partial charge in [-0.1, -0.05) is 12.8 Å². The second-order valence-electron chi connectivity index (χ2n) is 5.52. The van der Waals surface area contributed by atoms with E-state index in [9.17, 15) is 19.5 Å². The summed E-state index contributed by atoms with van der Waals surface area (Å²) < 4.78 is 0. The monoisotopic (exact) mass is 268 g/mol. The van der Waals surface area contributed by atoms with E-state index in [0.29, 0.717) is 25.9 Å². The average molecular weight is 268 g/mol. The average Bonchev–Trinajstić information content (AvgIpc) is 2.82. The minimum atomic E-state index is -0.912. The highest BCUT2D eigenvalue weighted by molar-refractivity contribution is 5.90. The summed E-state index contributed by atoms with van der Waals surface area (Å²) in [5.41, 5.74) is -0.912. The molecule has 2 rings (SSSR count). The van der Waals surface area contributed by atoms with Crippen LogP contribution in [0.3, 0.4) is 0 Å². The fourth-order valence-corrected chi connectivity index (χ4v) is 3.03. The van der Waals surface area contributed by atoms with Gasteiger partial charge in [-0.3, -0.25) is 14.4 Å². The lowest BCUT2D eigenvalue weighted by Crippen LogP contribution is -2.56. The number of carboxylic acid groups (broad SMARTS) is 1. The molecule has 1 saturated carbocycles. The van der Waals surface area contributed by atoms with Gasteiger partial charge in [-0.05, 0) is 19.8 Å². The molecular formula is C13H20N2O4. The number of amides is 2. The molecule has 1 aliphatic heterocycles. The molecule has 106 valence electrons. The summed E-state index contributed by atoms with van der Waals surface area (Å²) in [4.78, 5) is 36.8. The molecule has 2 fully saturated rings. The van der Waals surface area contributed by atoms with Gasteiger partial charge < -0.3 is 15.3 Å². The number of carboxylic acids is 1. The van der Waals surface area contributed by atoms with Gasteiger partial charge in [0.15, 0.2) is 0 Å². The van der Waals surface area contributed by atoms with E-state index in [2.05, 4.69) is 5.32 Å². The standard InChI is InChI=1S/C13H20N2O4/c1-9-11(17)14-6-7-15(9)10(16)8-13(12(18)19)4-2-3-5-13/h9H,2-8H2,1H3,(H,14,17)(H,18,19). The van der Waals surface area contributed by atoms with E-state index in [0.717, 1.165) is 12.8 Å². The maximum atomic E-state index is 12.3. The smallest absolute Gasteiger partial charge is 0.310 e. The molecule has 0 bridgehead atoms. The van der Waals surface area contributed by atoms with Crippen molar-refractivity contribution in [2.75, 3.05) is 13.1 Å². The topological polar surface area (TPSA) is 86.7 Å². The molecule has 6 heteroatoms. The summed E-state index contributed by atoms with van der Waals surface area (Å²) in [6, 6.07) is -0.506. The minimum absolute atomic E-state index is 0.0138. The summed E-state index contributed by atoms with van der Waals surface area (Å²) in [6.07, 6.45) is 2.84. The molecule has 1 saturated heterocycles. The van der Waals surface area contributed by atoms with E-state index in [4.69, 9.17) is 0 Å². The number of carbonyl (C=O) groups is 3. The molecule has 0 spiro atoms. The zero-order valence-corrected chi connectivity index (χ0v) is 11.1. The summed E-state index contributed by atoms with van der Waals surface area (Å²) >= 11 is 0. The molecule has 1 heterocycles. The molecule has 0 aromatic rings. The largest absolute Gasteiger partial charge is 0.481 e. The summed E-state index contributed by atoms with van der Waals surface area (Å²) in [7, 11) is 0. The predicted octanol–water partition coefficient (Wildman–Crippen LogP) is 0.368. The molecule has 1 unspecified atom stereocenters. The van der Waals surface area contributed by atoms with Crippen LogP contribution in [-0.2, 0) is 14.4 Å². The quantitative estimate of drug-likeness (QED) is 0.774. The molecule has 0 radical (unpaired) electrons. The lowest BCUT2D eigenvalue weighted by Gasteiger charge is -2.35. The van der Waals surface area contributed by atoms with Crippen LogP contribution in [0, 0.1) is 5.41 Å². The normalized spacial score (nSPS) is 26.1. The molecule has 0 aromatic heterocycles. The molecule has 1 atom stereocenters. The zero-order chi connectivity index (χ0) is 14.0. The maximum Gasteiger partial charge on any atom is 0.310 e. The number of piperazine rings is 1. The van der Waals surface area contributed by atoms with Gasteiger partial charge in [-0.15, -0.1) is 0 Å². The van der Waals surface area contributed by atoms with Crippen LogP contribution in [0.4, 0.5) is 0 Å². The summed E-state index contributed by atoms with van der Waals surface area (Å²) in [6.45, 7) is 2.57. The van der Waals surface area contributed by atoms with Crippen molar-refractivity contribution in [1.82, 2.24) is 10.2 Å². The van der Waals surface area contributed by atoms with Crippen molar-refractivity contribution in [1.29, 1.82) is 0 Å². The van der Waals surface area contributed by atoms with Gasteiger partial charge >= 0.3 is 5.97 Å². The Morgan fingerprint density at radius 2 is 2.05 bits per heavy atom. The van der Waals surface area contributed by atoms with Gasteiger partial charge in [-0.2, -0.15) is 0 Å². The first kappa shape index (κ1) is 13.8. The van der Waals surface area contributed by atoms with E-state index in [1.807, 2.05) is 0 Å². The van der Waals surface area contributed by atoms with Crippen LogP contribution >= 0.6 is 0 Å². The number of nitrogens with one attached hydrogen (secondary N) is 1. The van der Waals surface area contributed by atoms with Crippen molar-refractivity contribution in [2.24, 2.45) is 5.41 Å². The number of rotatable bonds is 3. The van der Waals surface area contributed by atoms with Crippen molar-refractivity contribution in [3.63, 3.8) is 0 Å². The number of aliphatic carboxylic acids is 1. The Morgan fingerprint density at radius 3 is 2.63 bits per heavy atom. The third-order valence-corrected chi connectivity index (χ3v) is 4.32. The van der Waals surface area contributed by atoms with Crippen LogP contribution < -0.4 is 5.32 Å². The molecule has 0 aromatic carbocycles. The fraction of sp³-hybridized carbons (Fsp3) is 0.769. The Balaban J connectivity index is 2.07. The van der Waals surface area contributed by atoms with Gasteiger partial charge in [0.25, 0.3) is 0 Å². The highest BCUT2D eigenvalue weighted by Gasteiger charge is 2.44. The molecular weight excluding hydrogens is 248 g/mol. The predicted molar refractivity (Wildman–Crippen MR) is 67.3 cm³/mol. The van der Waals surface area contributed by atoms with E-state index in [1.165, 1.54) is 4.90 Å². The highest BCUT2D eigenvalue weighted by atomic mass is 16.4. The van der Waals surface area contributed by atoms with Crippen molar-refractivity contribution in [2.45, 2.75) is 45.1 Å². The van der Waals surface area contributed by atoms with E-state index in [-0.39, 0.29) is 18.2 Å². The molecule has 2 N–H and O–H groups in total. The first-order chi connectivity index (χ1) is 8.96. The number of carbonyl (C=O) groups excluding carboxylic acids is 2. The van der Waals surface area contributed by atoms with Gasteiger partial charge in [0.05, 0.1) is 5.41 Å². The number of hydrogen-bond donors (Lipinski definition) is 2.